The summed E-state index contributed by atoms with van der Waals surface area (Å²) in [4.78, 5) is 28.5. The van der Waals surface area contributed by atoms with E-state index in [1.165, 1.54) is 12.1 Å². The molecule has 1 aliphatic rings. The lowest BCUT2D eigenvalue weighted by Crippen LogP contribution is -2.33. The zero-order chi connectivity index (χ0) is 18.7. The van der Waals surface area contributed by atoms with Gasteiger partial charge in [0, 0.05) is 31.1 Å². The van der Waals surface area contributed by atoms with E-state index < -0.39 is 0 Å². The maximum Gasteiger partial charge on any atom is 0.256 e. The van der Waals surface area contributed by atoms with Crippen LogP contribution in [0.15, 0.2) is 42.5 Å². The summed E-state index contributed by atoms with van der Waals surface area (Å²) in [6, 6.07) is 11.2. The summed E-state index contributed by atoms with van der Waals surface area (Å²) in [7, 11) is 0. The molecule has 1 fully saturated rings. The van der Waals surface area contributed by atoms with Crippen LogP contribution < -0.4 is 4.90 Å². The summed E-state index contributed by atoms with van der Waals surface area (Å²) < 4.78 is 13.4. The molecule has 2 amide bonds. The molecule has 2 aromatic carbocycles. The number of amides is 2. The molecule has 3 rings (SSSR count). The maximum atomic E-state index is 13.4. The first kappa shape index (κ1) is 18.4. The lowest BCUT2D eigenvalue weighted by molar-refractivity contribution is -0.117. The number of rotatable bonds is 5. The van der Waals surface area contributed by atoms with Crippen LogP contribution >= 0.6 is 11.6 Å². The fourth-order valence-electron chi connectivity index (χ4n) is 3.17. The zero-order valence-electron chi connectivity index (χ0n) is 14.5. The first-order chi connectivity index (χ1) is 12.5. The molecule has 1 saturated heterocycles. The van der Waals surface area contributed by atoms with Crippen LogP contribution in [0.25, 0.3) is 0 Å². The fourth-order valence-corrected chi connectivity index (χ4v) is 3.33. The van der Waals surface area contributed by atoms with Crippen molar-refractivity contribution in [2.75, 3.05) is 18.0 Å². The third kappa shape index (κ3) is 3.88. The van der Waals surface area contributed by atoms with Crippen molar-refractivity contribution in [3.05, 3.63) is 64.4 Å². The fraction of sp³-hybridized carbons (Fsp3) is 0.300. The summed E-state index contributed by atoms with van der Waals surface area (Å²) in [5.41, 5.74) is 1.69. The minimum Gasteiger partial charge on any atom is -0.335 e. The van der Waals surface area contributed by atoms with Crippen molar-refractivity contribution in [3.8, 4) is 0 Å². The Labute approximate surface area is 157 Å². The number of carbonyl (C=O) groups excluding carboxylic acids is 2. The van der Waals surface area contributed by atoms with Crippen molar-refractivity contribution in [2.45, 2.75) is 26.3 Å². The topological polar surface area (TPSA) is 40.6 Å². The van der Waals surface area contributed by atoms with Crippen LogP contribution in [-0.2, 0) is 11.3 Å². The molecule has 4 nitrogen and oxygen atoms in total. The Morgan fingerprint density at radius 2 is 2.08 bits per heavy atom. The molecular weight excluding hydrogens is 355 g/mol. The van der Waals surface area contributed by atoms with Gasteiger partial charge in [0.25, 0.3) is 5.91 Å². The number of hydrogen-bond acceptors (Lipinski definition) is 2. The Morgan fingerprint density at radius 1 is 1.27 bits per heavy atom. The van der Waals surface area contributed by atoms with Crippen LogP contribution in [0.2, 0.25) is 5.02 Å². The van der Waals surface area contributed by atoms with Crippen molar-refractivity contribution in [3.63, 3.8) is 0 Å². The lowest BCUT2D eigenvalue weighted by atomic mass is 10.1. The van der Waals surface area contributed by atoms with Gasteiger partial charge in [0.1, 0.15) is 5.82 Å². The van der Waals surface area contributed by atoms with E-state index in [2.05, 4.69) is 0 Å². The van der Waals surface area contributed by atoms with Crippen molar-refractivity contribution < 1.29 is 14.0 Å². The average molecular weight is 375 g/mol. The second-order valence-corrected chi connectivity index (χ2v) is 6.70. The molecule has 0 spiro atoms. The Morgan fingerprint density at radius 3 is 2.73 bits per heavy atom. The molecule has 136 valence electrons. The Kier molecular flexibility index (Phi) is 5.57. The average Bonchev–Trinajstić information content (AvgIpc) is 3.05. The number of carbonyl (C=O) groups is 2. The van der Waals surface area contributed by atoms with Crippen molar-refractivity contribution in [1.29, 1.82) is 0 Å². The Hall–Kier alpha value is -2.40. The van der Waals surface area contributed by atoms with Gasteiger partial charge in [-0.3, -0.25) is 9.59 Å². The van der Waals surface area contributed by atoms with E-state index in [9.17, 15) is 14.0 Å². The van der Waals surface area contributed by atoms with E-state index in [0.29, 0.717) is 47.9 Å². The predicted octanol–water partition coefficient (Wildman–Crippen LogP) is 4.27. The minimum atomic E-state index is -0.333. The van der Waals surface area contributed by atoms with Crippen LogP contribution in [0.4, 0.5) is 10.1 Å². The second kappa shape index (κ2) is 7.87. The number of benzene rings is 2. The molecule has 0 aromatic heterocycles. The van der Waals surface area contributed by atoms with Crippen molar-refractivity contribution >= 4 is 29.1 Å². The predicted molar refractivity (Wildman–Crippen MR) is 99.9 cm³/mol. The zero-order valence-corrected chi connectivity index (χ0v) is 15.3. The first-order valence-electron chi connectivity index (χ1n) is 8.63. The number of nitrogens with zero attached hydrogens (tertiary/aromatic N) is 2. The molecule has 1 heterocycles. The summed E-state index contributed by atoms with van der Waals surface area (Å²) in [6.07, 6.45) is 1.24. The largest absolute Gasteiger partial charge is 0.335 e. The summed E-state index contributed by atoms with van der Waals surface area (Å²) >= 11 is 6.10. The highest BCUT2D eigenvalue weighted by atomic mass is 35.5. The van der Waals surface area contributed by atoms with Crippen molar-refractivity contribution in [2.24, 2.45) is 0 Å². The summed E-state index contributed by atoms with van der Waals surface area (Å²) in [5, 5.41) is 0.476. The molecule has 0 N–H and O–H groups in total. The molecule has 0 bridgehead atoms. The SMILES string of the molecule is CCN(Cc1cccc(F)c1)C(=O)c1ccc(Cl)cc1N1CCCC1=O. The molecule has 0 radical (unpaired) electrons. The van der Waals surface area contributed by atoms with E-state index >= 15 is 0 Å². The highest BCUT2D eigenvalue weighted by Gasteiger charge is 2.27. The monoisotopic (exact) mass is 374 g/mol. The highest BCUT2D eigenvalue weighted by molar-refractivity contribution is 6.31. The minimum absolute atomic E-state index is 0.00510. The van der Waals surface area contributed by atoms with E-state index in [1.54, 1.807) is 40.1 Å². The van der Waals surface area contributed by atoms with Gasteiger partial charge in [-0.25, -0.2) is 4.39 Å². The van der Waals surface area contributed by atoms with Gasteiger partial charge in [0.05, 0.1) is 11.3 Å². The van der Waals surface area contributed by atoms with Gasteiger partial charge in [0.15, 0.2) is 0 Å². The van der Waals surface area contributed by atoms with E-state index in [-0.39, 0.29) is 17.6 Å². The molecule has 0 unspecified atom stereocenters. The normalized spacial score (nSPS) is 14.0. The third-order valence-electron chi connectivity index (χ3n) is 4.49. The molecule has 0 aliphatic carbocycles. The first-order valence-corrected chi connectivity index (χ1v) is 9.01. The van der Waals surface area contributed by atoms with Crippen LogP contribution in [-0.4, -0.2) is 29.8 Å². The van der Waals surface area contributed by atoms with Gasteiger partial charge in [-0.1, -0.05) is 23.7 Å². The van der Waals surface area contributed by atoms with Crippen LogP contribution in [0.3, 0.4) is 0 Å². The lowest BCUT2D eigenvalue weighted by Gasteiger charge is -2.25. The third-order valence-corrected chi connectivity index (χ3v) is 4.72. The van der Waals surface area contributed by atoms with Gasteiger partial charge >= 0.3 is 0 Å². The van der Waals surface area contributed by atoms with Gasteiger partial charge in [-0.2, -0.15) is 0 Å². The smallest absolute Gasteiger partial charge is 0.256 e. The molecule has 26 heavy (non-hydrogen) atoms. The summed E-state index contributed by atoms with van der Waals surface area (Å²) in [6.45, 7) is 3.21. The van der Waals surface area contributed by atoms with E-state index in [0.717, 1.165) is 6.42 Å². The molecule has 0 saturated carbocycles. The van der Waals surface area contributed by atoms with Gasteiger partial charge < -0.3 is 9.80 Å². The maximum absolute atomic E-state index is 13.4. The quantitative estimate of drug-likeness (QED) is 0.784. The molecule has 0 atom stereocenters. The van der Waals surface area contributed by atoms with E-state index in [1.807, 2.05) is 6.92 Å². The van der Waals surface area contributed by atoms with Crippen molar-refractivity contribution in [1.82, 2.24) is 4.90 Å². The summed E-state index contributed by atoms with van der Waals surface area (Å²) in [5.74, 6) is -0.543. The molecule has 2 aromatic rings. The highest BCUT2D eigenvalue weighted by Crippen LogP contribution is 2.30. The molecule has 6 heteroatoms. The number of hydrogen-bond donors (Lipinski definition) is 0. The van der Waals surface area contributed by atoms with Crippen LogP contribution in [0.1, 0.15) is 35.7 Å². The van der Waals surface area contributed by atoms with Gasteiger partial charge in [0.2, 0.25) is 5.91 Å². The number of anilines is 1. The Balaban J connectivity index is 1.91. The van der Waals surface area contributed by atoms with Crippen LogP contribution in [0, 0.1) is 5.82 Å². The Bertz CT molecular complexity index is 840. The molecule has 1 aliphatic heterocycles. The van der Waals surface area contributed by atoms with E-state index in [4.69, 9.17) is 11.6 Å². The van der Waals surface area contributed by atoms with Gasteiger partial charge in [-0.15, -0.1) is 0 Å². The second-order valence-electron chi connectivity index (χ2n) is 6.26. The standard InChI is InChI=1S/C20H20ClFN2O2/c1-2-23(13-14-5-3-6-16(22)11-14)20(26)17-9-8-15(21)12-18(17)24-10-4-7-19(24)25/h3,5-6,8-9,11-12H,2,4,7,10,13H2,1H3. The van der Waals surface area contributed by atoms with Crippen LogP contribution in [0.5, 0.6) is 0 Å². The van der Waals surface area contributed by atoms with Gasteiger partial charge in [-0.05, 0) is 49.2 Å². The molecular formula is C20H20ClFN2O2. The number of halogens is 2.